The number of hydroxylamine groups is 2. The number of rotatable bonds is 5. The Morgan fingerprint density at radius 3 is 2.78 bits per heavy atom. The smallest absolute Gasteiger partial charge is 0.270 e. The summed E-state index contributed by atoms with van der Waals surface area (Å²) in [6, 6.07) is 7.35. The van der Waals surface area contributed by atoms with E-state index in [0.717, 1.165) is 5.56 Å². The standard InChI is InChI=1S/C14H20N2O2/c1-11(2)10-16(18-3)14(17)8-7-12-5-4-6-13(15)9-12/h4-9,11H,10,15H2,1-3H3/b8-7+. The number of carbonyl (C=O) groups excluding carboxylic acids is 1. The molecule has 0 aromatic heterocycles. The molecule has 1 aromatic carbocycles. The lowest BCUT2D eigenvalue weighted by molar-refractivity contribution is -0.172. The van der Waals surface area contributed by atoms with E-state index in [2.05, 4.69) is 0 Å². The van der Waals surface area contributed by atoms with Crippen molar-refractivity contribution in [2.75, 3.05) is 19.4 Å². The first-order valence-electron chi connectivity index (χ1n) is 5.92. The van der Waals surface area contributed by atoms with E-state index in [1.807, 2.05) is 32.0 Å². The van der Waals surface area contributed by atoms with Gasteiger partial charge in [0.25, 0.3) is 5.91 Å². The van der Waals surface area contributed by atoms with Crippen molar-refractivity contribution in [3.63, 3.8) is 0 Å². The minimum atomic E-state index is -0.173. The SMILES string of the molecule is CON(CC(C)C)C(=O)/C=C/c1cccc(N)c1. The molecule has 0 aliphatic heterocycles. The Hall–Kier alpha value is -1.81. The van der Waals surface area contributed by atoms with Crippen LogP contribution in [0.3, 0.4) is 0 Å². The molecule has 4 nitrogen and oxygen atoms in total. The van der Waals surface area contributed by atoms with E-state index in [0.29, 0.717) is 18.2 Å². The quantitative estimate of drug-likeness (QED) is 0.494. The van der Waals surface area contributed by atoms with Crippen molar-refractivity contribution >= 4 is 17.7 Å². The fraction of sp³-hybridized carbons (Fsp3) is 0.357. The predicted molar refractivity (Wildman–Crippen MR) is 73.4 cm³/mol. The molecule has 2 N–H and O–H groups in total. The normalized spacial score (nSPS) is 11.1. The molecule has 1 aromatic rings. The molecule has 0 atom stereocenters. The summed E-state index contributed by atoms with van der Waals surface area (Å²) in [6.45, 7) is 4.62. The summed E-state index contributed by atoms with van der Waals surface area (Å²) in [5.41, 5.74) is 7.23. The Morgan fingerprint density at radius 2 is 2.22 bits per heavy atom. The van der Waals surface area contributed by atoms with Crippen molar-refractivity contribution < 1.29 is 9.63 Å². The molecular weight excluding hydrogens is 228 g/mol. The first-order valence-corrected chi connectivity index (χ1v) is 5.92. The first kappa shape index (κ1) is 14.3. The van der Waals surface area contributed by atoms with E-state index in [1.165, 1.54) is 18.2 Å². The molecule has 18 heavy (non-hydrogen) atoms. The van der Waals surface area contributed by atoms with E-state index < -0.39 is 0 Å². The lowest BCUT2D eigenvalue weighted by Crippen LogP contribution is -2.31. The zero-order valence-electron chi connectivity index (χ0n) is 11.1. The predicted octanol–water partition coefficient (Wildman–Crippen LogP) is 2.33. The topological polar surface area (TPSA) is 55.6 Å². The molecule has 0 heterocycles. The average molecular weight is 248 g/mol. The first-order chi connectivity index (χ1) is 8.52. The van der Waals surface area contributed by atoms with Crippen molar-refractivity contribution in [1.82, 2.24) is 5.06 Å². The second-order valence-corrected chi connectivity index (χ2v) is 4.48. The molecule has 0 bridgehead atoms. The van der Waals surface area contributed by atoms with Gasteiger partial charge in [-0.15, -0.1) is 0 Å². The van der Waals surface area contributed by atoms with Gasteiger partial charge in [0.2, 0.25) is 0 Å². The van der Waals surface area contributed by atoms with Gasteiger partial charge in [-0.3, -0.25) is 9.63 Å². The van der Waals surface area contributed by atoms with Crippen LogP contribution in [0, 0.1) is 5.92 Å². The monoisotopic (exact) mass is 248 g/mol. The highest BCUT2D eigenvalue weighted by atomic mass is 16.7. The number of hydrogen-bond acceptors (Lipinski definition) is 3. The van der Waals surface area contributed by atoms with E-state index in [9.17, 15) is 4.79 Å². The van der Waals surface area contributed by atoms with Gasteiger partial charge in [0.1, 0.15) is 0 Å². The number of hydrogen-bond donors (Lipinski definition) is 1. The minimum absolute atomic E-state index is 0.173. The van der Waals surface area contributed by atoms with Crippen molar-refractivity contribution in [1.29, 1.82) is 0 Å². The molecule has 0 aliphatic carbocycles. The number of benzene rings is 1. The lowest BCUT2D eigenvalue weighted by Gasteiger charge is -2.19. The van der Waals surface area contributed by atoms with Crippen molar-refractivity contribution in [3.8, 4) is 0 Å². The van der Waals surface area contributed by atoms with Crippen LogP contribution in [0.5, 0.6) is 0 Å². The second-order valence-electron chi connectivity index (χ2n) is 4.48. The molecule has 0 aliphatic rings. The van der Waals surface area contributed by atoms with Gasteiger partial charge < -0.3 is 5.73 Å². The third kappa shape index (κ3) is 4.59. The highest BCUT2D eigenvalue weighted by Crippen LogP contribution is 2.09. The Bertz CT molecular complexity index is 428. The van der Waals surface area contributed by atoms with Gasteiger partial charge in [-0.05, 0) is 29.7 Å². The molecular formula is C14H20N2O2. The number of nitrogens with two attached hydrogens (primary N) is 1. The Kier molecular flexibility index (Phi) is 5.39. The molecule has 4 heteroatoms. The van der Waals surface area contributed by atoms with Crippen LogP contribution in [0.4, 0.5) is 5.69 Å². The number of anilines is 1. The van der Waals surface area contributed by atoms with Gasteiger partial charge in [-0.25, -0.2) is 5.06 Å². The van der Waals surface area contributed by atoms with Crippen molar-refractivity contribution in [2.45, 2.75) is 13.8 Å². The second kappa shape index (κ2) is 6.81. The van der Waals surface area contributed by atoms with Gasteiger partial charge in [0, 0.05) is 11.8 Å². The summed E-state index contributed by atoms with van der Waals surface area (Å²) >= 11 is 0. The largest absolute Gasteiger partial charge is 0.399 e. The molecule has 1 rings (SSSR count). The maximum absolute atomic E-state index is 11.9. The molecule has 0 spiro atoms. The highest BCUT2D eigenvalue weighted by molar-refractivity contribution is 5.91. The van der Waals surface area contributed by atoms with Gasteiger partial charge in [-0.1, -0.05) is 26.0 Å². The summed E-state index contributed by atoms with van der Waals surface area (Å²) in [5, 5.41) is 1.34. The van der Waals surface area contributed by atoms with E-state index in [-0.39, 0.29) is 5.91 Å². The Morgan fingerprint density at radius 1 is 1.50 bits per heavy atom. The number of nitrogen functional groups attached to an aromatic ring is 1. The van der Waals surface area contributed by atoms with Crippen LogP contribution in [0.25, 0.3) is 6.08 Å². The molecule has 0 fully saturated rings. The maximum atomic E-state index is 11.9. The van der Waals surface area contributed by atoms with E-state index >= 15 is 0 Å². The number of carbonyl (C=O) groups is 1. The maximum Gasteiger partial charge on any atom is 0.270 e. The number of amides is 1. The molecule has 98 valence electrons. The van der Waals surface area contributed by atoms with Crippen LogP contribution < -0.4 is 5.73 Å². The van der Waals surface area contributed by atoms with Crippen LogP contribution in [-0.4, -0.2) is 24.6 Å². The van der Waals surface area contributed by atoms with E-state index in [1.54, 1.807) is 12.1 Å². The molecule has 0 unspecified atom stereocenters. The van der Waals surface area contributed by atoms with Crippen molar-refractivity contribution in [2.24, 2.45) is 5.92 Å². The molecule has 0 radical (unpaired) electrons. The fourth-order valence-corrected chi connectivity index (χ4v) is 1.50. The number of nitrogens with zero attached hydrogens (tertiary/aromatic N) is 1. The lowest BCUT2D eigenvalue weighted by atomic mass is 10.2. The third-order valence-electron chi connectivity index (χ3n) is 2.33. The molecule has 1 amide bonds. The minimum Gasteiger partial charge on any atom is -0.399 e. The van der Waals surface area contributed by atoms with E-state index in [4.69, 9.17) is 10.6 Å². The summed E-state index contributed by atoms with van der Waals surface area (Å²) in [5.74, 6) is 0.184. The van der Waals surface area contributed by atoms with Gasteiger partial charge in [0.15, 0.2) is 0 Å². The van der Waals surface area contributed by atoms with Crippen LogP contribution in [0.2, 0.25) is 0 Å². The average Bonchev–Trinajstić information content (AvgIpc) is 2.33. The highest BCUT2D eigenvalue weighted by Gasteiger charge is 2.11. The summed E-state index contributed by atoms with van der Waals surface area (Å²) in [7, 11) is 1.49. The van der Waals surface area contributed by atoms with Crippen molar-refractivity contribution in [3.05, 3.63) is 35.9 Å². The van der Waals surface area contributed by atoms with Gasteiger partial charge in [-0.2, -0.15) is 0 Å². The summed E-state index contributed by atoms with van der Waals surface area (Å²) in [6.07, 6.45) is 3.21. The summed E-state index contributed by atoms with van der Waals surface area (Å²) < 4.78 is 0. The molecule has 0 saturated carbocycles. The molecule has 0 saturated heterocycles. The zero-order valence-corrected chi connectivity index (χ0v) is 11.1. The van der Waals surface area contributed by atoms with Gasteiger partial charge >= 0.3 is 0 Å². The van der Waals surface area contributed by atoms with Crippen LogP contribution in [0.1, 0.15) is 19.4 Å². The summed E-state index contributed by atoms with van der Waals surface area (Å²) in [4.78, 5) is 16.9. The zero-order chi connectivity index (χ0) is 13.5. The van der Waals surface area contributed by atoms with Gasteiger partial charge in [0.05, 0.1) is 13.7 Å². The van der Waals surface area contributed by atoms with Crippen LogP contribution >= 0.6 is 0 Å². The van der Waals surface area contributed by atoms with Crippen LogP contribution in [0.15, 0.2) is 30.3 Å². The fourth-order valence-electron chi connectivity index (χ4n) is 1.50. The Labute approximate surface area is 108 Å². The van der Waals surface area contributed by atoms with Crippen LogP contribution in [-0.2, 0) is 9.63 Å². The Balaban J connectivity index is 2.68. The third-order valence-corrected chi connectivity index (χ3v) is 2.33.